The minimum Gasteiger partial charge on any atom is -0.380 e. The number of nitrogens with zero attached hydrogens (tertiary/aromatic N) is 3. The number of anilines is 1. The fourth-order valence-corrected chi connectivity index (χ4v) is 2.39. The van der Waals surface area contributed by atoms with E-state index in [1.165, 1.54) is 18.4 Å². The molecule has 0 saturated heterocycles. The van der Waals surface area contributed by atoms with Crippen LogP contribution in [0.15, 0.2) is 23.8 Å². The zero-order chi connectivity index (χ0) is 13.8. The van der Waals surface area contributed by atoms with Gasteiger partial charge in [-0.25, -0.2) is 0 Å². The fourth-order valence-electron chi connectivity index (χ4n) is 2.39. The van der Waals surface area contributed by atoms with Crippen molar-refractivity contribution in [2.45, 2.75) is 31.8 Å². The van der Waals surface area contributed by atoms with Gasteiger partial charge in [0, 0.05) is 32.8 Å². The molecule has 1 N–H and O–H groups in total. The minimum atomic E-state index is 0.711. The molecular formula is C15H22N4O. The summed E-state index contributed by atoms with van der Waals surface area (Å²) >= 11 is 0. The van der Waals surface area contributed by atoms with Crippen molar-refractivity contribution in [3.05, 3.63) is 29.5 Å². The van der Waals surface area contributed by atoms with Crippen LogP contribution in [-0.2, 0) is 11.3 Å². The number of nitrogens with one attached hydrogen (secondary N) is 1. The second-order valence-corrected chi connectivity index (χ2v) is 5.53. The summed E-state index contributed by atoms with van der Waals surface area (Å²) in [6.07, 6.45) is 5.88. The van der Waals surface area contributed by atoms with Crippen LogP contribution in [0.2, 0.25) is 0 Å². The van der Waals surface area contributed by atoms with Crippen LogP contribution in [0.3, 0.4) is 0 Å². The van der Waals surface area contributed by atoms with E-state index in [1.54, 1.807) is 7.11 Å². The summed E-state index contributed by atoms with van der Waals surface area (Å²) in [6.45, 7) is 3.46. The molecule has 1 aliphatic heterocycles. The van der Waals surface area contributed by atoms with Gasteiger partial charge in [-0.3, -0.25) is 0 Å². The molecule has 2 aliphatic rings. The SMILES string of the molecule is COCC1=CCN(c2ccc(CNC3CC3)nn2)CC1. The van der Waals surface area contributed by atoms with E-state index in [0.717, 1.165) is 44.2 Å². The fraction of sp³-hybridized carbons (Fsp3) is 0.600. The van der Waals surface area contributed by atoms with Crippen molar-refractivity contribution in [2.24, 2.45) is 0 Å². The number of hydrogen-bond donors (Lipinski definition) is 1. The third-order valence-electron chi connectivity index (χ3n) is 3.81. The van der Waals surface area contributed by atoms with Gasteiger partial charge in [-0.1, -0.05) is 6.08 Å². The lowest BCUT2D eigenvalue weighted by Gasteiger charge is -2.26. The number of ether oxygens (including phenoxy) is 1. The quantitative estimate of drug-likeness (QED) is 0.797. The highest BCUT2D eigenvalue weighted by molar-refractivity contribution is 5.40. The first-order valence-corrected chi connectivity index (χ1v) is 7.33. The summed E-state index contributed by atoms with van der Waals surface area (Å²) in [7, 11) is 1.74. The summed E-state index contributed by atoms with van der Waals surface area (Å²) < 4.78 is 5.17. The van der Waals surface area contributed by atoms with Crippen LogP contribution in [0.1, 0.15) is 25.0 Å². The molecule has 1 saturated carbocycles. The van der Waals surface area contributed by atoms with E-state index in [9.17, 15) is 0 Å². The maximum absolute atomic E-state index is 5.17. The largest absolute Gasteiger partial charge is 0.380 e. The van der Waals surface area contributed by atoms with E-state index >= 15 is 0 Å². The van der Waals surface area contributed by atoms with Gasteiger partial charge in [-0.15, -0.1) is 5.10 Å². The number of hydrogen-bond acceptors (Lipinski definition) is 5. The number of methoxy groups -OCH3 is 1. The standard InChI is InChI=1S/C15H22N4O/c1-20-11-12-6-8-19(9-7-12)15-5-4-14(17-18-15)10-16-13-2-3-13/h4-6,13,16H,2-3,7-11H2,1H3. The summed E-state index contributed by atoms with van der Waals surface area (Å²) in [5, 5.41) is 12.1. The zero-order valence-electron chi connectivity index (χ0n) is 12.0. The molecule has 0 bridgehead atoms. The molecule has 2 heterocycles. The van der Waals surface area contributed by atoms with Gasteiger partial charge < -0.3 is 15.0 Å². The number of aromatic nitrogens is 2. The minimum absolute atomic E-state index is 0.711. The molecule has 5 nitrogen and oxygen atoms in total. The molecule has 1 aromatic heterocycles. The molecule has 0 atom stereocenters. The molecule has 3 rings (SSSR count). The second-order valence-electron chi connectivity index (χ2n) is 5.53. The first-order valence-electron chi connectivity index (χ1n) is 7.33. The molecule has 0 aromatic carbocycles. The lowest BCUT2D eigenvalue weighted by atomic mass is 10.1. The first-order chi connectivity index (χ1) is 9.85. The lowest BCUT2D eigenvalue weighted by molar-refractivity contribution is 0.222. The molecule has 0 spiro atoms. The summed E-state index contributed by atoms with van der Waals surface area (Å²) in [5.41, 5.74) is 2.40. The van der Waals surface area contributed by atoms with Gasteiger partial charge in [0.05, 0.1) is 12.3 Å². The Labute approximate surface area is 120 Å². The lowest BCUT2D eigenvalue weighted by Crippen LogP contribution is -2.30. The normalized spacial score (nSPS) is 19.1. The Hall–Kier alpha value is -1.46. The first kappa shape index (κ1) is 13.5. The molecule has 108 valence electrons. The maximum atomic E-state index is 5.17. The van der Waals surface area contributed by atoms with E-state index in [-0.39, 0.29) is 0 Å². The highest BCUT2D eigenvalue weighted by atomic mass is 16.5. The van der Waals surface area contributed by atoms with Gasteiger partial charge >= 0.3 is 0 Å². The van der Waals surface area contributed by atoms with Gasteiger partial charge in [0.25, 0.3) is 0 Å². The van der Waals surface area contributed by atoms with Crippen LogP contribution in [-0.4, -0.2) is 43.0 Å². The highest BCUT2D eigenvalue weighted by Crippen LogP contribution is 2.20. The maximum Gasteiger partial charge on any atom is 0.151 e. The Morgan fingerprint density at radius 3 is 2.85 bits per heavy atom. The molecular weight excluding hydrogens is 252 g/mol. The van der Waals surface area contributed by atoms with Gasteiger partial charge in [-0.2, -0.15) is 5.10 Å². The van der Waals surface area contributed by atoms with Crippen LogP contribution in [0.4, 0.5) is 5.82 Å². The zero-order valence-corrected chi connectivity index (χ0v) is 12.0. The molecule has 1 aliphatic carbocycles. The van der Waals surface area contributed by atoms with Gasteiger partial charge in [0.15, 0.2) is 5.82 Å². The summed E-state index contributed by atoms with van der Waals surface area (Å²) in [6, 6.07) is 4.86. The molecule has 5 heteroatoms. The van der Waals surface area contributed by atoms with Crippen molar-refractivity contribution in [2.75, 3.05) is 31.7 Å². The van der Waals surface area contributed by atoms with Gasteiger partial charge in [-0.05, 0) is 37.0 Å². The van der Waals surface area contributed by atoms with Crippen molar-refractivity contribution in [3.8, 4) is 0 Å². The highest BCUT2D eigenvalue weighted by Gasteiger charge is 2.20. The molecule has 0 radical (unpaired) electrons. The van der Waals surface area contributed by atoms with Crippen molar-refractivity contribution in [1.82, 2.24) is 15.5 Å². The molecule has 1 fully saturated rings. The van der Waals surface area contributed by atoms with Crippen LogP contribution >= 0.6 is 0 Å². The van der Waals surface area contributed by atoms with Gasteiger partial charge in [0.1, 0.15) is 0 Å². The topological polar surface area (TPSA) is 50.3 Å². The Balaban J connectivity index is 1.54. The Morgan fingerprint density at radius 2 is 2.25 bits per heavy atom. The van der Waals surface area contributed by atoms with Crippen molar-refractivity contribution >= 4 is 5.82 Å². The van der Waals surface area contributed by atoms with E-state index in [2.05, 4.69) is 38.6 Å². The van der Waals surface area contributed by atoms with Crippen molar-refractivity contribution in [1.29, 1.82) is 0 Å². The van der Waals surface area contributed by atoms with Crippen molar-refractivity contribution < 1.29 is 4.74 Å². The third kappa shape index (κ3) is 3.55. The Bertz CT molecular complexity index is 467. The van der Waals surface area contributed by atoms with Crippen LogP contribution in [0.5, 0.6) is 0 Å². The smallest absolute Gasteiger partial charge is 0.151 e. The van der Waals surface area contributed by atoms with Gasteiger partial charge in [0.2, 0.25) is 0 Å². The molecule has 0 amide bonds. The predicted octanol–water partition coefficient (Wildman–Crippen LogP) is 1.51. The molecule has 20 heavy (non-hydrogen) atoms. The monoisotopic (exact) mass is 274 g/mol. The van der Waals surface area contributed by atoms with Crippen LogP contribution < -0.4 is 10.2 Å². The number of rotatable bonds is 6. The molecule has 0 unspecified atom stereocenters. The summed E-state index contributed by atoms with van der Waals surface area (Å²) in [4.78, 5) is 2.25. The summed E-state index contributed by atoms with van der Waals surface area (Å²) in [5.74, 6) is 0.966. The van der Waals surface area contributed by atoms with Crippen LogP contribution in [0, 0.1) is 0 Å². The van der Waals surface area contributed by atoms with E-state index in [0.29, 0.717) is 6.04 Å². The average molecular weight is 274 g/mol. The molecule has 1 aromatic rings. The van der Waals surface area contributed by atoms with E-state index < -0.39 is 0 Å². The van der Waals surface area contributed by atoms with Crippen LogP contribution in [0.25, 0.3) is 0 Å². The Kier molecular flexibility index (Phi) is 4.28. The Morgan fingerprint density at radius 1 is 1.35 bits per heavy atom. The third-order valence-corrected chi connectivity index (χ3v) is 3.81. The van der Waals surface area contributed by atoms with E-state index in [4.69, 9.17) is 4.74 Å². The van der Waals surface area contributed by atoms with E-state index in [1.807, 2.05) is 0 Å². The predicted molar refractivity (Wildman–Crippen MR) is 78.7 cm³/mol. The average Bonchev–Trinajstić information content (AvgIpc) is 3.31. The second kappa shape index (κ2) is 6.33. The van der Waals surface area contributed by atoms with Crippen molar-refractivity contribution in [3.63, 3.8) is 0 Å².